The molecular formula is C23H26FN3O4S. The van der Waals surface area contributed by atoms with Crippen LogP contribution in [0.25, 0.3) is 10.2 Å². The van der Waals surface area contributed by atoms with Gasteiger partial charge in [0, 0.05) is 26.7 Å². The SMILES string of the molecule is CCOC(=O)[C@@H]1CN(CCn2c(=O)c3ccsc3n(C)c2=O)CCC1c1ccc(F)cc1. The monoisotopic (exact) mass is 459 g/mol. The van der Waals surface area contributed by atoms with E-state index in [1.165, 1.54) is 32.6 Å². The van der Waals surface area contributed by atoms with E-state index in [9.17, 15) is 18.8 Å². The molecule has 0 aliphatic carbocycles. The normalized spacial score (nSPS) is 19.3. The molecule has 0 radical (unpaired) electrons. The number of nitrogens with zero attached hydrogens (tertiary/aromatic N) is 3. The lowest BCUT2D eigenvalue weighted by atomic mass is 9.80. The number of aryl methyl sites for hydroxylation is 1. The lowest BCUT2D eigenvalue weighted by molar-refractivity contribution is -0.150. The van der Waals surface area contributed by atoms with E-state index in [0.29, 0.717) is 36.3 Å². The summed E-state index contributed by atoms with van der Waals surface area (Å²) in [6.45, 7) is 3.93. The minimum Gasteiger partial charge on any atom is -0.466 e. The quantitative estimate of drug-likeness (QED) is 0.530. The molecule has 0 saturated carbocycles. The topological polar surface area (TPSA) is 73.5 Å². The summed E-state index contributed by atoms with van der Waals surface area (Å²) in [6, 6.07) is 8.01. The van der Waals surface area contributed by atoms with Crippen LogP contribution in [-0.2, 0) is 23.1 Å². The van der Waals surface area contributed by atoms with Crippen molar-refractivity contribution in [1.29, 1.82) is 0 Å². The maximum absolute atomic E-state index is 13.4. The summed E-state index contributed by atoms with van der Waals surface area (Å²) in [7, 11) is 1.67. The van der Waals surface area contributed by atoms with Gasteiger partial charge in [0.1, 0.15) is 10.6 Å². The van der Waals surface area contributed by atoms with Gasteiger partial charge in [0.05, 0.1) is 17.9 Å². The molecule has 7 nitrogen and oxygen atoms in total. The van der Waals surface area contributed by atoms with Gasteiger partial charge in [-0.15, -0.1) is 11.3 Å². The highest BCUT2D eigenvalue weighted by Gasteiger charge is 2.36. The van der Waals surface area contributed by atoms with Crippen LogP contribution in [0.5, 0.6) is 0 Å². The molecular weight excluding hydrogens is 433 g/mol. The molecule has 32 heavy (non-hydrogen) atoms. The lowest BCUT2D eigenvalue weighted by Gasteiger charge is -2.37. The molecule has 0 bridgehead atoms. The van der Waals surface area contributed by atoms with Gasteiger partial charge in [-0.1, -0.05) is 12.1 Å². The van der Waals surface area contributed by atoms with Crippen LogP contribution in [0, 0.1) is 11.7 Å². The number of halogens is 1. The van der Waals surface area contributed by atoms with E-state index >= 15 is 0 Å². The summed E-state index contributed by atoms with van der Waals surface area (Å²) in [5.74, 6) is -1.05. The Hall–Kier alpha value is -2.78. The number of rotatable bonds is 6. The first-order valence-corrected chi connectivity index (χ1v) is 11.6. The Kier molecular flexibility index (Phi) is 6.57. The fraction of sp³-hybridized carbons (Fsp3) is 0.435. The maximum Gasteiger partial charge on any atom is 0.331 e. The van der Waals surface area contributed by atoms with Crippen molar-refractivity contribution < 1.29 is 13.9 Å². The second-order valence-electron chi connectivity index (χ2n) is 8.04. The van der Waals surface area contributed by atoms with E-state index in [1.54, 1.807) is 37.6 Å². The molecule has 0 spiro atoms. The number of fused-ring (bicyclic) bond motifs is 1. The Morgan fingerprint density at radius 2 is 1.94 bits per heavy atom. The zero-order valence-electron chi connectivity index (χ0n) is 18.1. The van der Waals surface area contributed by atoms with E-state index in [-0.39, 0.29) is 42.1 Å². The third-order valence-electron chi connectivity index (χ3n) is 6.17. The smallest absolute Gasteiger partial charge is 0.331 e. The van der Waals surface area contributed by atoms with Gasteiger partial charge in [-0.2, -0.15) is 0 Å². The Balaban J connectivity index is 1.53. The Morgan fingerprint density at radius 3 is 2.66 bits per heavy atom. The highest BCUT2D eigenvalue weighted by Crippen LogP contribution is 2.34. The number of thiophene rings is 1. The number of hydrogen-bond donors (Lipinski definition) is 0. The number of ether oxygens (including phenoxy) is 1. The summed E-state index contributed by atoms with van der Waals surface area (Å²) < 4.78 is 21.5. The molecule has 4 rings (SSSR count). The van der Waals surface area contributed by atoms with Gasteiger partial charge in [0.2, 0.25) is 0 Å². The number of aromatic nitrogens is 2. The Morgan fingerprint density at radius 1 is 1.19 bits per heavy atom. The van der Waals surface area contributed by atoms with Gasteiger partial charge >= 0.3 is 11.7 Å². The number of carbonyl (C=O) groups is 1. The van der Waals surface area contributed by atoms with Crippen molar-refractivity contribution in [3.05, 3.63) is 67.9 Å². The Bertz CT molecular complexity index is 1230. The fourth-order valence-electron chi connectivity index (χ4n) is 4.48. The number of likely N-dealkylation sites (tertiary alicyclic amines) is 1. The van der Waals surface area contributed by atoms with Crippen LogP contribution in [0.15, 0.2) is 45.3 Å². The largest absolute Gasteiger partial charge is 0.466 e. The molecule has 0 N–H and O–H groups in total. The number of carbonyl (C=O) groups excluding carboxylic acids is 1. The van der Waals surface area contributed by atoms with E-state index in [2.05, 4.69) is 4.90 Å². The van der Waals surface area contributed by atoms with Gasteiger partial charge in [-0.05, 0) is 54.9 Å². The van der Waals surface area contributed by atoms with Gasteiger partial charge in [0.15, 0.2) is 0 Å². The van der Waals surface area contributed by atoms with Crippen molar-refractivity contribution >= 4 is 27.5 Å². The van der Waals surface area contributed by atoms with Crippen LogP contribution >= 0.6 is 11.3 Å². The first-order valence-electron chi connectivity index (χ1n) is 10.7. The highest BCUT2D eigenvalue weighted by molar-refractivity contribution is 7.16. The van der Waals surface area contributed by atoms with Gasteiger partial charge in [0.25, 0.3) is 5.56 Å². The van der Waals surface area contributed by atoms with Gasteiger partial charge in [-0.3, -0.25) is 18.7 Å². The van der Waals surface area contributed by atoms with Crippen LogP contribution < -0.4 is 11.2 Å². The third kappa shape index (κ3) is 4.27. The standard InChI is InChI=1S/C23H26FN3O4S/c1-3-31-22(29)19-14-26(10-8-17(19)15-4-6-16(24)7-5-15)11-12-27-20(28)18-9-13-32-21(18)25(2)23(27)30/h4-7,9,13,17,19H,3,8,10-12,14H2,1-2H3/t17?,19-/m1/s1. The first kappa shape index (κ1) is 22.4. The van der Waals surface area contributed by atoms with Crippen molar-refractivity contribution in [2.75, 3.05) is 26.2 Å². The molecule has 170 valence electrons. The predicted octanol–water partition coefficient (Wildman–Crippen LogP) is 2.57. The second-order valence-corrected chi connectivity index (χ2v) is 8.94. The Labute approximate surface area is 188 Å². The number of hydrogen-bond acceptors (Lipinski definition) is 6. The number of piperidine rings is 1. The van der Waals surface area contributed by atoms with Gasteiger partial charge < -0.3 is 9.64 Å². The first-order chi connectivity index (χ1) is 15.4. The van der Waals surface area contributed by atoms with Crippen molar-refractivity contribution in [2.24, 2.45) is 13.0 Å². The van der Waals surface area contributed by atoms with Crippen LogP contribution in [0.2, 0.25) is 0 Å². The maximum atomic E-state index is 13.4. The summed E-state index contributed by atoms with van der Waals surface area (Å²) in [6.07, 6.45) is 0.700. The molecule has 1 saturated heterocycles. The molecule has 3 aromatic rings. The van der Waals surface area contributed by atoms with Crippen LogP contribution in [-0.4, -0.2) is 46.2 Å². The van der Waals surface area contributed by atoms with Crippen LogP contribution in [0.4, 0.5) is 4.39 Å². The minimum absolute atomic E-state index is 0.0661. The number of benzene rings is 1. The minimum atomic E-state index is -0.395. The summed E-state index contributed by atoms with van der Waals surface area (Å²) in [5, 5.41) is 2.34. The predicted molar refractivity (Wildman–Crippen MR) is 122 cm³/mol. The van der Waals surface area contributed by atoms with E-state index in [0.717, 1.165) is 5.56 Å². The molecule has 9 heteroatoms. The lowest BCUT2D eigenvalue weighted by Crippen LogP contribution is -2.47. The summed E-state index contributed by atoms with van der Waals surface area (Å²) >= 11 is 1.37. The van der Waals surface area contributed by atoms with E-state index in [1.807, 2.05) is 0 Å². The second kappa shape index (κ2) is 9.38. The molecule has 2 aromatic heterocycles. The molecule has 1 aromatic carbocycles. The molecule has 1 aliphatic heterocycles. The molecule has 1 fully saturated rings. The van der Waals surface area contributed by atoms with Crippen molar-refractivity contribution in [1.82, 2.24) is 14.0 Å². The molecule has 0 amide bonds. The molecule has 1 aliphatic rings. The zero-order chi connectivity index (χ0) is 22.8. The van der Waals surface area contributed by atoms with Crippen molar-refractivity contribution in [2.45, 2.75) is 25.8 Å². The zero-order valence-corrected chi connectivity index (χ0v) is 18.9. The van der Waals surface area contributed by atoms with Crippen LogP contribution in [0.3, 0.4) is 0 Å². The average molecular weight is 460 g/mol. The van der Waals surface area contributed by atoms with Crippen LogP contribution in [0.1, 0.15) is 24.8 Å². The third-order valence-corrected chi connectivity index (χ3v) is 7.16. The summed E-state index contributed by atoms with van der Waals surface area (Å²) in [4.78, 5) is 41.0. The number of esters is 1. The van der Waals surface area contributed by atoms with E-state index < -0.39 is 5.92 Å². The van der Waals surface area contributed by atoms with Crippen molar-refractivity contribution in [3.63, 3.8) is 0 Å². The average Bonchev–Trinajstić information content (AvgIpc) is 3.29. The highest BCUT2D eigenvalue weighted by atomic mass is 32.1. The molecule has 2 atom stereocenters. The molecule has 3 heterocycles. The van der Waals surface area contributed by atoms with Crippen molar-refractivity contribution in [3.8, 4) is 0 Å². The van der Waals surface area contributed by atoms with Gasteiger partial charge in [-0.25, -0.2) is 9.18 Å². The van der Waals surface area contributed by atoms with E-state index in [4.69, 9.17) is 4.74 Å². The fourth-order valence-corrected chi connectivity index (χ4v) is 5.33. The molecule has 1 unspecified atom stereocenters. The summed E-state index contributed by atoms with van der Waals surface area (Å²) in [5.41, 5.74) is 0.290.